The van der Waals surface area contributed by atoms with Gasteiger partial charge in [0.2, 0.25) is 5.90 Å². The van der Waals surface area contributed by atoms with Crippen molar-refractivity contribution in [3.8, 4) is 0 Å². The number of nitrogens with zero attached hydrogens (tertiary/aromatic N) is 1. The van der Waals surface area contributed by atoms with E-state index < -0.39 is 5.97 Å². The Morgan fingerprint density at radius 1 is 1.00 bits per heavy atom. The standard InChI is InChI=1S/C22H14ClNO2/c23-17-9-6-15(7-10-17)21-24-19(22(25)26-21)12-16-5-4-13-2-1-3-14-8-11-18(16)20(13)14/h1-7,9-10,12H,8,11H2. The van der Waals surface area contributed by atoms with E-state index in [0.717, 1.165) is 24.0 Å². The molecule has 1 aliphatic carbocycles. The van der Waals surface area contributed by atoms with Crippen LogP contribution in [0.25, 0.3) is 16.8 Å². The van der Waals surface area contributed by atoms with E-state index in [0.29, 0.717) is 16.6 Å². The molecule has 3 aromatic carbocycles. The number of carbonyl (C=O) groups excluding carboxylic acids is 1. The summed E-state index contributed by atoms with van der Waals surface area (Å²) in [5, 5.41) is 3.19. The molecular formula is C22H14ClNO2. The van der Waals surface area contributed by atoms with E-state index in [-0.39, 0.29) is 0 Å². The third-order valence-corrected chi connectivity index (χ3v) is 5.18. The van der Waals surface area contributed by atoms with E-state index in [9.17, 15) is 4.79 Å². The monoisotopic (exact) mass is 359 g/mol. The number of cyclic esters (lactones) is 1. The van der Waals surface area contributed by atoms with Crippen molar-refractivity contribution >= 4 is 40.3 Å². The molecule has 0 radical (unpaired) electrons. The second-order valence-corrected chi connectivity index (χ2v) is 6.93. The number of esters is 1. The van der Waals surface area contributed by atoms with Gasteiger partial charge >= 0.3 is 5.97 Å². The first-order valence-corrected chi connectivity index (χ1v) is 8.89. The van der Waals surface area contributed by atoms with Crippen LogP contribution in [0.3, 0.4) is 0 Å². The minimum Gasteiger partial charge on any atom is -0.402 e. The van der Waals surface area contributed by atoms with Crippen LogP contribution in [0.15, 0.2) is 65.3 Å². The number of hydrogen-bond acceptors (Lipinski definition) is 3. The Bertz CT molecular complexity index is 1130. The smallest absolute Gasteiger partial charge is 0.363 e. The minimum atomic E-state index is -0.423. The Balaban J connectivity index is 1.58. The van der Waals surface area contributed by atoms with Gasteiger partial charge in [-0.3, -0.25) is 0 Å². The predicted octanol–water partition coefficient (Wildman–Crippen LogP) is 4.94. The number of hydrogen-bond donors (Lipinski definition) is 0. The Kier molecular flexibility index (Phi) is 3.44. The second-order valence-electron chi connectivity index (χ2n) is 6.49. The molecule has 0 saturated carbocycles. The second kappa shape index (κ2) is 5.82. The van der Waals surface area contributed by atoms with Crippen molar-refractivity contribution in [1.29, 1.82) is 0 Å². The first kappa shape index (κ1) is 15.4. The van der Waals surface area contributed by atoms with Gasteiger partial charge in [0.25, 0.3) is 0 Å². The highest BCUT2D eigenvalue weighted by Crippen LogP contribution is 2.34. The van der Waals surface area contributed by atoms with Crippen LogP contribution < -0.4 is 0 Å². The van der Waals surface area contributed by atoms with Gasteiger partial charge in [-0.1, -0.05) is 41.9 Å². The molecule has 5 rings (SSSR count). The molecule has 1 heterocycles. The molecule has 0 amide bonds. The van der Waals surface area contributed by atoms with Crippen LogP contribution in [0.1, 0.15) is 22.3 Å². The molecule has 2 aliphatic rings. The SMILES string of the molecule is O=C1OC(c2ccc(Cl)cc2)=NC1=Cc1ccc2cccc3c2c1CC3. The fourth-order valence-electron chi connectivity index (χ4n) is 3.70. The Morgan fingerprint density at radius 2 is 1.85 bits per heavy atom. The summed E-state index contributed by atoms with van der Waals surface area (Å²) < 4.78 is 5.35. The molecule has 0 unspecified atom stereocenters. The summed E-state index contributed by atoms with van der Waals surface area (Å²) in [6.45, 7) is 0. The summed E-state index contributed by atoms with van der Waals surface area (Å²) in [7, 11) is 0. The average Bonchev–Trinajstić information content (AvgIpc) is 3.24. The van der Waals surface area contributed by atoms with Crippen LogP contribution in [0.5, 0.6) is 0 Å². The van der Waals surface area contributed by atoms with E-state index in [1.807, 2.05) is 6.08 Å². The summed E-state index contributed by atoms with van der Waals surface area (Å²) in [5.41, 5.74) is 4.76. The van der Waals surface area contributed by atoms with Gasteiger partial charge in [0, 0.05) is 10.6 Å². The van der Waals surface area contributed by atoms with Crippen LogP contribution in [0.4, 0.5) is 0 Å². The Labute approximate surface area is 155 Å². The molecule has 4 heteroatoms. The Morgan fingerprint density at radius 3 is 2.69 bits per heavy atom. The molecule has 1 aliphatic heterocycles. The van der Waals surface area contributed by atoms with Gasteiger partial charge in [0.1, 0.15) is 0 Å². The van der Waals surface area contributed by atoms with Crippen molar-refractivity contribution in [1.82, 2.24) is 0 Å². The lowest BCUT2D eigenvalue weighted by Crippen LogP contribution is -2.05. The fraction of sp³-hybridized carbons (Fsp3) is 0.0909. The first-order chi connectivity index (χ1) is 12.7. The highest BCUT2D eigenvalue weighted by Gasteiger charge is 2.25. The number of aryl methyl sites for hydroxylation is 2. The third kappa shape index (κ3) is 2.44. The number of rotatable bonds is 2. The number of halogens is 1. The minimum absolute atomic E-state index is 0.316. The molecule has 0 saturated heterocycles. The molecule has 0 spiro atoms. The normalized spacial score (nSPS) is 17.0. The van der Waals surface area contributed by atoms with Gasteiger partial charge < -0.3 is 4.74 Å². The zero-order valence-electron chi connectivity index (χ0n) is 13.8. The molecule has 126 valence electrons. The quantitative estimate of drug-likeness (QED) is 0.480. The van der Waals surface area contributed by atoms with E-state index in [4.69, 9.17) is 16.3 Å². The van der Waals surface area contributed by atoms with E-state index >= 15 is 0 Å². The number of carbonyl (C=O) groups is 1. The number of ether oxygens (including phenoxy) is 1. The molecular weight excluding hydrogens is 346 g/mol. The highest BCUT2D eigenvalue weighted by molar-refractivity contribution is 6.30. The lowest BCUT2D eigenvalue weighted by Gasteiger charge is -2.05. The summed E-state index contributed by atoms with van der Waals surface area (Å²) in [5.74, 6) is -0.107. The van der Waals surface area contributed by atoms with Gasteiger partial charge in [-0.05, 0) is 70.6 Å². The molecule has 0 aromatic heterocycles. The first-order valence-electron chi connectivity index (χ1n) is 8.51. The zero-order valence-corrected chi connectivity index (χ0v) is 14.6. The van der Waals surface area contributed by atoms with Crippen molar-refractivity contribution < 1.29 is 9.53 Å². The zero-order chi connectivity index (χ0) is 17.7. The number of aliphatic imine (C=N–C) groups is 1. The van der Waals surface area contributed by atoms with Gasteiger partial charge in [-0.25, -0.2) is 9.79 Å². The third-order valence-electron chi connectivity index (χ3n) is 4.92. The largest absolute Gasteiger partial charge is 0.402 e. The van der Waals surface area contributed by atoms with Crippen LogP contribution in [-0.4, -0.2) is 11.9 Å². The maximum absolute atomic E-state index is 12.3. The molecule has 3 aromatic rings. The topological polar surface area (TPSA) is 38.7 Å². The Hall–Kier alpha value is -2.91. The van der Waals surface area contributed by atoms with Gasteiger partial charge in [0.15, 0.2) is 5.70 Å². The van der Waals surface area contributed by atoms with Crippen LogP contribution in [0.2, 0.25) is 5.02 Å². The van der Waals surface area contributed by atoms with Crippen molar-refractivity contribution in [2.75, 3.05) is 0 Å². The van der Waals surface area contributed by atoms with Crippen molar-refractivity contribution in [2.45, 2.75) is 12.8 Å². The van der Waals surface area contributed by atoms with Crippen molar-refractivity contribution in [3.63, 3.8) is 0 Å². The molecule has 3 nitrogen and oxygen atoms in total. The van der Waals surface area contributed by atoms with Crippen molar-refractivity contribution in [3.05, 3.63) is 87.6 Å². The van der Waals surface area contributed by atoms with Crippen LogP contribution in [0, 0.1) is 0 Å². The van der Waals surface area contributed by atoms with E-state index in [2.05, 4.69) is 35.3 Å². The van der Waals surface area contributed by atoms with Gasteiger partial charge in [-0.2, -0.15) is 0 Å². The highest BCUT2D eigenvalue weighted by atomic mass is 35.5. The predicted molar refractivity (Wildman–Crippen MR) is 103 cm³/mol. The van der Waals surface area contributed by atoms with Gasteiger partial charge in [0.05, 0.1) is 0 Å². The summed E-state index contributed by atoms with van der Waals surface area (Å²) >= 11 is 5.91. The lowest BCUT2D eigenvalue weighted by molar-refractivity contribution is -0.129. The van der Waals surface area contributed by atoms with Gasteiger partial charge in [-0.15, -0.1) is 0 Å². The fourth-order valence-corrected chi connectivity index (χ4v) is 3.82. The van der Waals surface area contributed by atoms with Crippen molar-refractivity contribution in [2.24, 2.45) is 4.99 Å². The van der Waals surface area contributed by atoms with E-state index in [1.165, 1.54) is 21.9 Å². The molecule has 0 atom stereocenters. The lowest BCUT2D eigenvalue weighted by atomic mass is 9.99. The maximum atomic E-state index is 12.3. The molecule has 0 N–H and O–H groups in total. The molecule has 0 fully saturated rings. The average molecular weight is 360 g/mol. The summed E-state index contributed by atoms with van der Waals surface area (Å²) in [4.78, 5) is 16.7. The van der Waals surface area contributed by atoms with E-state index in [1.54, 1.807) is 24.3 Å². The van der Waals surface area contributed by atoms with Crippen LogP contribution in [-0.2, 0) is 22.4 Å². The summed E-state index contributed by atoms with van der Waals surface area (Å²) in [6.07, 6.45) is 3.86. The molecule has 0 bridgehead atoms. The maximum Gasteiger partial charge on any atom is 0.363 e. The number of benzene rings is 3. The summed E-state index contributed by atoms with van der Waals surface area (Å²) in [6, 6.07) is 17.6. The molecule has 26 heavy (non-hydrogen) atoms. The van der Waals surface area contributed by atoms with Crippen LogP contribution >= 0.6 is 11.6 Å².